The lowest BCUT2D eigenvalue weighted by Gasteiger charge is -2.25. The van der Waals surface area contributed by atoms with Crippen molar-refractivity contribution in [3.63, 3.8) is 0 Å². The molecule has 1 rings (SSSR count). The standard InChI is InChI=1S/C14H23NOS/c1-3-15-14(12(2)17-11-7-10-16)13-8-5-4-6-9-13/h4-6,8-9,12,14-16H,3,7,10-11H2,1-2H3. The maximum absolute atomic E-state index is 8.81. The van der Waals surface area contributed by atoms with Crippen LogP contribution in [0.2, 0.25) is 0 Å². The summed E-state index contributed by atoms with van der Waals surface area (Å²) in [6.45, 7) is 5.66. The van der Waals surface area contributed by atoms with E-state index in [4.69, 9.17) is 5.11 Å². The summed E-state index contributed by atoms with van der Waals surface area (Å²) in [6, 6.07) is 11.0. The van der Waals surface area contributed by atoms with Gasteiger partial charge in [-0.2, -0.15) is 11.8 Å². The molecule has 2 nitrogen and oxygen atoms in total. The molecule has 0 saturated heterocycles. The Morgan fingerprint density at radius 3 is 2.59 bits per heavy atom. The van der Waals surface area contributed by atoms with E-state index in [0.717, 1.165) is 18.7 Å². The van der Waals surface area contributed by atoms with Gasteiger partial charge in [0, 0.05) is 17.9 Å². The molecular weight excluding hydrogens is 230 g/mol. The number of rotatable bonds is 8. The van der Waals surface area contributed by atoms with E-state index in [9.17, 15) is 0 Å². The van der Waals surface area contributed by atoms with Crippen molar-refractivity contribution < 1.29 is 5.11 Å². The molecule has 0 fully saturated rings. The van der Waals surface area contributed by atoms with Crippen LogP contribution in [0.15, 0.2) is 30.3 Å². The van der Waals surface area contributed by atoms with E-state index >= 15 is 0 Å². The molecule has 1 aromatic carbocycles. The summed E-state index contributed by atoms with van der Waals surface area (Å²) < 4.78 is 0. The van der Waals surface area contributed by atoms with Crippen LogP contribution in [0, 0.1) is 0 Å². The van der Waals surface area contributed by atoms with Gasteiger partial charge < -0.3 is 10.4 Å². The smallest absolute Gasteiger partial charge is 0.0438 e. The highest BCUT2D eigenvalue weighted by Gasteiger charge is 2.17. The molecule has 0 saturated carbocycles. The molecule has 2 atom stereocenters. The Hall–Kier alpha value is -0.510. The Morgan fingerprint density at radius 2 is 2.00 bits per heavy atom. The summed E-state index contributed by atoms with van der Waals surface area (Å²) >= 11 is 1.92. The fraction of sp³-hybridized carbons (Fsp3) is 0.571. The first kappa shape index (κ1) is 14.6. The molecular formula is C14H23NOS. The number of hydrogen-bond donors (Lipinski definition) is 2. The maximum Gasteiger partial charge on any atom is 0.0438 e. The first-order valence-corrected chi connectivity index (χ1v) is 7.35. The van der Waals surface area contributed by atoms with Crippen molar-refractivity contribution in [2.24, 2.45) is 0 Å². The van der Waals surface area contributed by atoms with E-state index in [1.165, 1.54) is 5.56 Å². The third kappa shape index (κ3) is 5.11. The molecule has 2 N–H and O–H groups in total. The Kier molecular flexibility index (Phi) is 7.33. The van der Waals surface area contributed by atoms with Gasteiger partial charge in [0.2, 0.25) is 0 Å². The number of aliphatic hydroxyl groups is 1. The van der Waals surface area contributed by atoms with Crippen molar-refractivity contribution >= 4 is 11.8 Å². The Labute approximate surface area is 109 Å². The van der Waals surface area contributed by atoms with Crippen LogP contribution >= 0.6 is 11.8 Å². The fourth-order valence-electron chi connectivity index (χ4n) is 1.87. The molecule has 96 valence electrons. The van der Waals surface area contributed by atoms with Gasteiger partial charge in [-0.05, 0) is 24.3 Å². The van der Waals surface area contributed by atoms with E-state index in [-0.39, 0.29) is 6.61 Å². The maximum atomic E-state index is 8.81. The normalized spacial score (nSPS) is 14.5. The summed E-state index contributed by atoms with van der Waals surface area (Å²) in [4.78, 5) is 0. The minimum Gasteiger partial charge on any atom is -0.396 e. The van der Waals surface area contributed by atoms with E-state index in [1.54, 1.807) is 0 Å². The molecule has 0 bridgehead atoms. The van der Waals surface area contributed by atoms with Crippen molar-refractivity contribution in [2.45, 2.75) is 31.6 Å². The van der Waals surface area contributed by atoms with Crippen LogP contribution in [0.25, 0.3) is 0 Å². The van der Waals surface area contributed by atoms with Gasteiger partial charge >= 0.3 is 0 Å². The lowest BCUT2D eigenvalue weighted by Crippen LogP contribution is -2.28. The van der Waals surface area contributed by atoms with Gasteiger partial charge in [0.25, 0.3) is 0 Å². The molecule has 17 heavy (non-hydrogen) atoms. The summed E-state index contributed by atoms with van der Waals surface area (Å²) in [5.41, 5.74) is 1.35. The first-order valence-electron chi connectivity index (χ1n) is 6.30. The quantitative estimate of drug-likeness (QED) is 0.699. The zero-order valence-electron chi connectivity index (χ0n) is 10.7. The van der Waals surface area contributed by atoms with Crippen LogP contribution in [-0.2, 0) is 0 Å². The molecule has 0 radical (unpaired) electrons. The molecule has 0 heterocycles. The SMILES string of the molecule is CCNC(c1ccccc1)C(C)SCCCO. The third-order valence-corrected chi connectivity index (χ3v) is 4.06. The lowest BCUT2D eigenvalue weighted by atomic mass is 10.0. The van der Waals surface area contributed by atoms with E-state index in [0.29, 0.717) is 11.3 Å². The van der Waals surface area contributed by atoms with Crippen molar-refractivity contribution in [3.8, 4) is 0 Å². The van der Waals surface area contributed by atoms with Crippen molar-refractivity contribution in [1.29, 1.82) is 0 Å². The Balaban J connectivity index is 2.58. The van der Waals surface area contributed by atoms with Gasteiger partial charge in [0.15, 0.2) is 0 Å². The van der Waals surface area contributed by atoms with Gasteiger partial charge in [-0.3, -0.25) is 0 Å². The fourth-order valence-corrected chi connectivity index (χ4v) is 2.98. The van der Waals surface area contributed by atoms with E-state index in [1.807, 2.05) is 11.8 Å². The predicted octanol–water partition coefficient (Wildman–Crippen LogP) is 2.84. The number of nitrogens with one attached hydrogen (secondary N) is 1. The molecule has 0 aliphatic heterocycles. The highest BCUT2D eigenvalue weighted by molar-refractivity contribution is 7.99. The largest absolute Gasteiger partial charge is 0.396 e. The Bertz CT molecular complexity index is 292. The molecule has 0 aliphatic carbocycles. The Morgan fingerprint density at radius 1 is 1.29 bits per heavy atom. The van der Waals surface area contributed by atoms with Crippen molar-refractivity contribution in [3.05, 3.63) is 35.9 Å². The van der Waals surface area contributed by atoms with Gasteiger partial charge in [-0.1, -0.05) is 44.2 Å². The van der Waals surface area contributed by atoms with Crippen LogP contribution in [0.4, 0.5) is 0 Å². The molecule has 0 amide bonds. The van der Waals surface area contributed by atoms with Crippen LogP contribution < -0.4 is 5.32 Å². The van der Waals surface area contributed by atoms with E-state index < -0.39 is 0 Å². The molecule has 1 aromatic rings. The van der Waals surface area contributed by atoms with E-state index in [2.05, 4.69) is 49.5 Å². The van der Waals surface area contributed by atoms with Crippen LogP contribution in [0.1, 0.15) is 31.9 Å². The van der Waals surface area contributed by atoms with Gasteiger partial charge in [0.1, 0.15) is 0 Å². The zero-order valence-corrected chi connectivity index (χ0v) is 11.5. The summed E-state index contributed by atoms with van der Waals surface area (Å²) in [7, 11) is 0. The topological polar surface area (TPSA) is 32.3 Å². The zero-order chi connectivity index (χ0) is 12.5. The second-order valence-electron chi connectivity index (χ2n) is 4.10. The monoisotopic (exact) mass is 253 g/mol. The highest BCUT2D eigenvalue weighted by Crippen LogP contribution is 2.26. The molecule has 3 heteroatoms. The number of benzene rings is 1. The van der Waals surface area contributed by atoms with Gasteiger partial charge in [-0.15, -0.1) is 0 Å². The summed E-state index contributed by atoms with van der Waals surface area (Å²) in [6.07, 6.45) is 0.878. The average Bonchev–Trinajstić information content (AvgIpc) is 2.37. The summed E-state index contributed by atoms with van der Waals surface area (Å²) in [5, 5.41) is 12.9. The minimum absolute atomic E-state index is 0.289. The van der Waals surface area contributed by atoms with Gasteiger partial charge in [-0.25, -0.2) is 0 Å². The highest BCUT2D eigenvalue weighted by atomic mass is 32.2. The first-order chi connectivity index (χ1) is 8.29. The van der Waals surface area contributed by atoms with Crippen molar-refractivity contribution in [1.82, 2.24) is 5.32 Å². The van der Waals surface area contributed by atoms with Crippen molar-refractivity contribution in [2.75, 3.05) is 18.9 Å². The van der Waals surface area contributed by atoms with Gasteiger partial charge in [0.05, 0.1) is 0 Å². The van der Waals surface area contributed by atoms with Crippen LogP contribution in [0.5, 0.6) is 0 Å². The minimum atomic E-state index is 0.289. The number of thioether (sulfide) groups is 1. The second kappa shape index (κ2) is 8.56. The predicted molar refractivity (Wildman–Crippen MR) is 76.5 cm³/mol. The van der Waals surface area contributed by atoms with Crippen LogP contribution in [-0.4, -0.2) is 29.3 Å². The number of hydrogen-bond acceptors (Lipinski definition) is 3. The molecule has 2 unspecified atom stereocenters. The van der Waals surface area contributed by atoms with Crippen LogP contribution in [0.3, 0.4) is 0 Å². The summed E-state index contributed by atoms with van der Waals surface area (Å²) in [5.74, 6) is 1.02. The third-order valence-electron chi connectivity index (χ3n) is 2.74. The molecule has 0 aromatic heterocycles. The lowest BCUT2D eigenvalue weighted by molar-refractivity contribution is 0.296. The number of aliphatic hydroxyl groups excluding tert-OH is 1. The molecule has 0 aliphatic rings. The average molecular weight is 253 g/mol. The second-order valence-corrected chi connectivity index (χ2v) is 5.58. The molecule has 0 spiro atoms.